The van der Waals surface area contributed by atoms with Gasteiger partial charge in [0, 0.05) is 36.9 Å². The number of amides is 1. The molecule has 0 spiro atoms. The van der Waals surface area contributed by atoms with Crippen molar-refractivity contribution in [2.45, 2.75) is 32.7 Å². The molecule has 1 aromatic carbocycles. The minimum Gasteiger partial charge on any atom is -0.381 e. The molecule has 1 heterocycles. The maximum atomic E-state index is 12.3. The van der Waals surface area contributed by atoms with E-state index >= 15 is 0 Å². The highest BCUT2D eigenvalue weighted by Crippen LogP contribution is 2.16. The van der Waals surface area contributed by atoms with Crippen LogP contribution in [0.4, 0.5) is 5.69 Å². The molecule has 1 aliphatic heterocycles. The van der Waals surface area contributed by atoms with Crippen molar-refractivity contribution in [2.24, 2.45) is 0 Å². The van der Waals surface area contributed by atoms with E-state index in [1.54, 1.807) is 0 Å². The van der Waals surface area contributed by atoms with Crippen LogP contribution in [0.15, 0.2) is 24.3 Å². The van der Waals surface area contributed by atoms with Crippen LogP contribution >= 0.6 is 12.4 Å². The zero-order valence-corrected chi connectivity index (χ0v) is 13.7. The minimum absolute atomic E-state index is 0. The first-order chi connectivity index (χ1) is 9.74. The summed E-state index contributed by atoms with van der Waals surface area (Å²) in [5.74, 6) is 0.111. The lowest BCUT2D eigenvalue weighted by Crippen LogP contribution is -2.38. The van der Waals surface area contributed by atoms with Crippen LogP contribution in [-0.4, -0.2) is 43.0 Å². The van der Waals surface area contributed by atoms with Gasteiger partial charge in [0.15, 0.2) is 0 Å². The molecule has 118 valence electrons. The average molecular weight is 312 g/mol. The molecule has 5 heteroatoms. The van der Waals surface area contributed by atoms with E-state index in [1.165, 1.54) is 12.8 Å². The highest BCUT2D eigenvalue weighted by atomic mass is 35.5. The van der Waals surface area contributed by atoms with Crippen molar-refractivity contribution in [3.8, 4) is 0 Å². The zero-order valence-electron chi connectivity index (χ0n) is 12.9. The van der Waals surface area contributed by atoms with Gasteiger partial charge in [-0.3, -0.25) is 4.79 Å². The van der Waals surface area contributed by atoms with Gasteiger partial charge in [0.2, 0.25) is 0 Å². The summed E-state index contributed by atoms with van der Waals surface area (Å²) in [6.45, 7) is 7.63. The van der Waals surface area contributed by atoms with Crippen LogP contribution in [0, 0.1) is 0 Å². The van der Waals surface area contributed by atoms with E-state index in [-0.39, 0.29) is 18.3 Å². The third-order valence-corrected chi connectivity index (χ3v) is 3.83. The number of piperidine rings is 1. The highest BCUT2D eigenvalue weighted by Gasteiger charge is 2.15. The SMILES string of the molecule is CCN(CC)C(=O)c1cccc(NC2CCCNC2)c1.Cl. The fourth-order valence-corrected chi connectivity index (χ4v) is 2.65. The minimum atomic E-state index is 0. The van der Waals surface area contributed by atoms with Gasteiger partial charge in [0.25, 0.3) is 5.91 Å². The summed E-state index contributed by atoms with van der Waals surface area (Å²) in [5, 5.41) is 6.91. The molecule has 1 saturated heterocycles. The summed E-state index contributed by atoms with van der Waals surface area (Å²) < 4.78 is 0. The monoisotopic (exact) mass is 311 g/mol. The van der Waals surface area contributed by atoms with Crippen LogP contribution in [0.1, 0.15) is 37.0 Å². The lowest BCUT2D eigenvalue weighted by atomic mass is 10.1. The number of carbonyl (C=O) groups is 1. The van der Waals surface area contributed by atoms with Crippen molar-refractivity contribution >= 4 is 24.0 Å². The molecule has 21 heavy (non-hydrogen) atoms. The van der Waals surface area contributed by atoms with Gasteiger partial charge in [0.05, 0.1) is 0 Å². The largest absolute Gasteiger partial charge is 0.381 e. The number of hydrogen-bond acceptors (Lipinski definition) is 3. The normalized spacial score (nSPS) is 17.7. The standard InChI is InChI=1S/C16H25N3O.ClH/c1-3-19(4-2)16(20)13-7-5-8-14(11-13)18-15-9-6-10-17-12-15;/h5,7-8,11,15,17-18H,3-4,6,9-10,12H2,1-2H3;1H. The summed E-state index contributed by atoms with van der Waals surface area (Å²) >= 11 is 0. The van der Waals surface area contributed by atoms with Gasteiger partial charge in [0.1, 0.15) is 0 Å². The van der Waals surface area contributed by atoms with Gasteiger partial charge < -0.3 is 15.5 Å². The number of anilines is 1. The maximum absolute atomic E-state index is 12.3. The lowest BCUT2D eigenvalue weighted by Gasteiger charge is -2.25. The number of carbonyl (C=O) groups excluding carboxylic acids is 1. The Bertz CT molecular complexity index is 443. The molecule has 0 saturated carbocycles. The van der Waals surface area contributed by atoms with E-state index in [0.29, 0.717) is 6.04 Å². The van der Waals surface area contributed by atoms with Crippen molar-refractivity contribution in [3.05, 3.63) is 29.8 Å². The highest BCUT2D eigenvalue weighted by molar-refractivity contribution is 5.95. The first kappa shape index (κ1) is 17.8. The molecular formula is C16H26ClN3O. The first-order valence-electron chi connectivity index (χ1n) is 7.61. The molecule has 1 unspecified atom stereocenters. The quantitative estimate of drug-likeness (QED) is 0.879. The van der Waals surface area contributed by atoms with Gasteiger partial charge in [-0.25, -0.2) is 0 Å². The Balaban J connectivity index is 0.00000220. The molecule has 0 aromatic heterocycles. The van der Waals surface area contributed by atoms with Crippen molar-refractivity contribution in [1.29, 1.82) is 0 Å². The lowest BCUT2D eigenvalue weighted by molar-refractivity contribution is 0.0773. The summed E-state index contributed by atoms with van der Waals surface area (Å²) in [6, 6.07) is 8.31. The van der Waals surface area contributed by atoms with Crippen LogP contribution in [0.5, 0.6) is 0 Å². The van der Waals surface area contributed by atoms with Gasteiger partial charge >= 0.3 is 0 Å². The van der Waals surface area contributed by atoms with E-state index in [4.69, 9.17) is 0 Å². The fraction of sp³-hybridized carbons (Fsp3) is 0.562. The predicted molar refractivity (Wildman–Crippen MR) is 90.5 cm³/mol. The molecule has 0 radical (unpaired) electrons. The first-order valence-corrected chi connectivity index (χ1v) is 7.61. The van der Waals surface area contributed by atoms with E-state index in [1.807, 2.05) is 43.0 Å². The van der Waals surface area contributed by atoms with Crippen LogP contribution in [-0.2, 0) is 0 Å². The molecule has 1 aliphatic rings. The van der Waals surface area contributed by atoms with E-state index in [9.17, 15) is 4.79 Å². The van der Waals surface area contributed by atoms with Gasteiger partial charge in [-0.2, -0.15) is 0 Å². The number of rotatable bonds is 5. The maximum Gasteiger partial charge on any atom is 0.253 e. The third kappa shape index (κ3) is 4.90. The van der Waals surface area contributed by atoms with Crippen molar-refractivity contribution in [3.63, 3.8) is 0 Å². The van der Waals surface area contributed by atoms with E-state index < -0.39 is 0 Å². The number of nitrogens with zero attached hydrogens (tertiary/aromatic N) is 1. The van der Waals surface area contributed by atoms with Crippen LogP contribution < -0.4 is 10.6 Å². The third-order valence-electron chi connectivity index (χ3n) is 3.83. The molecule has 2 N–H and O–H groups in total. The molecule has 0 bridgehead atoms. The van der Waals surface area contributed by atoms with Gasteiger partial charge in [-0.15, -0.1) is 12.4 Å². The van der Waals surface area contributed by atoms with Crippen molar-refractivity contribution < 1.29 is 4.79 Å². The van der Waals surface area contributed by atoms with Gasteiger partial charge in [-0.05, 0) is 51.4 Å². The molecule has 2 rings (SSSR count). The number of nitrogens with one attached hydrogen (secondary N) is 2. The molecule has 4 nitrogen and oxygen atoms in total. The Labute approximate surface area is 133 Å². The molecular weight excluding hydrogens is 286 g/mol. The second-order valence-corrected chi connectivity index (χ2v) is 5.25. The van der Waals surface area contributed by atoms with Crippen molar-refractivity contribution in [2.75, 3.05) is 31.5 Å². The van der Waals surface area contributed by atoms with Crippen LogP contribution in [0.3, 0.4) is 0 Å². The Morgan fingerprint density at radius 2 is 2.14 bits per heavy atom. The summed E-state index contributed by atoms with van der Waals surface area (Å²) in [6.07, 6.45) is 2.39. The second-order valence-electron chi connectivity index (χ2n) is 5.25. The Kier molecular flexibility index (Phi) is 7.54. The van der Waals surface area contributed by atoms with Gasteiger partial charge in [-0.1, -0.05) is 6.07 Å². The van der Waals surface area contributed by atoms with Crippen LogP contribution in [0.25, 0.3) is 0 Å². The number of benzene rings is 1. The molecule has 1 amide bonds. The average Bonchev–Trinajstić information content (AvgIpc) is 2.49. The number of halogens is 1. The predicted octanol–water partition coefficient (Wildman–Crippen LogP) is 2.75. The molecule has 1 fully saturated rings. The smallest absolute Gasteiger partial charge is 0.253 e. The topological polar surface area (TPSA) is 44.4 Å². The fourth-order valence-electron chi connectivity index (χ4n) is 2.65. The van der Waals surface area contributed by atoms with E-state index in [0.717, 1.165) is 37.4 Å². The summed E-state index contributed by atoms with van der Waals surface area (Å²) in [7, 11) is 0. The second kappa shape index (κ2) is 8.90. The van der Waals surface area contributed by atoms with E-state index in [2.05, 4.69) is 10.6 Å². The zero-order chi connectivity index (χ0) is 14.4. The Morgan fingerprint density at radius 3 is 2.76 bits per heavy atom. The molecule has 1 atom stereocenters. The Hall–Kier alpha value is -1.26. The summed E-state index contributed by atoms with van der Waals surface area (Å²) in [5.41, 5.74) is 1.80. The number of hydrogen-bond donors (Lipinski definition) is 2. The Morgan fingerprint density at radius 1 is 1.38 bits per heavy atom. The van der Waals surface area contributed by atoms with Crippen molar-refractivity contribution in [1.82, 2.24) is 10.2 Å². The summed E-state index contributed by atoms with van der Waals surface area (Å²) in [4.78, 5) is 14.2. The molecule has 1 aromatic rings. The molecule has 0 aliphatic carbocycles. The van der Waals surface area contributed by atoms with Crippen LogP contribution in [0.2, 0.25) is 0 Å².